The van der Waals surface area contributed by atoms with Crippen molar-refractivity contribution in [3.8, 4) is 0 Å². The normalized spacial score (nSPS) is 20.9. The fraction of sp³-hybridized carbons (Fsp3) is 0.615. The zero-order chi connectivity index (χ0) is 16.2. The van der Waals surface area contributed by atoms with Gasteiger partial charge in [0.2, 0.25) is 5.91 Å². The smallest absolute Gasteiger partial charge is 0.410 e. The van der Waals surface area contributed by atoms with Crippen LogP contribution in [0, 0.1) is 5.92 Å². The Labute approximate surface area is 130 Å². The average Bonchev–Trinajstić information content (AvgIpc) is 2.33. The van der Waals surface area contributed by atoms with Crippen LogP contribution >= 0.6 is 12.2 Å². The van der Waals surface area contributed by atoms with Gasteiger partial charge in [0.15, 0.2) is 5.11 Å². The molecule has 1 rings (SSSR count). The van der Waals surface area contributed by atoms with Crippen LogP contribution in [-0.4, -0.2) is 47.2 Å². The molecule has 0 aromatic rings. The van der Waals surface area contributed by atoms with Gasteiger partial charge in [-0.25, -0.2) is 4.79 Å². The molecule has 1 saturated heterocycles. The van der Waals surface area contributed by atoms with Gasteiger partial charge in [-0.05, 0) is 33.0 Å². The number of rotatable bonds is 2. The average molecular weight is 314 g/mol. The van der Waals surface area contributed by atoms with E-state index in [1.54, 1.807) is 33.9 Å². The molecule has 2 atom stereocenters. The minimum Gasteiger partial charge on any atom is -0.444 e. The molecule has 0 unspecified atom stereocenters. The second-order valence-electron chi connectivity index (χ2n) is 5.66. The van der Waals surface area contributed by atoms with Gasteiger partial charge >= 0.3 is 6.09 Å². The van der Waals surface area contributed by atoms with Crippen LogP contribution in [0.4, 0.5) is 4.79 Å². The van der Waals surface area contributed by atoms with Crippen molar-refractivity contribution in [1.29, 1.82) is 0 Å². The highest BCUT2D eigenvalue weighted by molar-refractivity contribution is 7.80. The van der Waals surface area contributed by atoms with Gasteiger partial charge in [-0.15, -0.1) is 6.58 Å². The van der Waals surface area contributed by atoms with E-state index in [1.807, 2.05) is 0 Å². The van der Waals surface area contributed by atoms with E-state index in [2.05, 4.69) is 22.7 Å². The highest BCUT2D eigenvalue weighted by atomic mass is 32.1. The van der Waals surface area contributed by atoms with Crippen molar-refractivity contribution < 1.29 is 14.3 Å². The summed E-state index contributed by atoms with van der Waals surface area (Å²) in [7, 11) is 1.64. The molecule has 1 fully saturated rings. The Hall–Kier alpha value is -1.83. The van der Waals surface area contributed by atoms with Gasteiger partial charge in [0.25, 0.3) is 0 Å². The number of carbonyl (C=O) groups excluding carboxylic acids is 2. The van der Waals surface area contributed by atoms with Gasteiger partial charge < -0.3 is 15.0 Å². The Kier molecular flexibility index (Phi) is 5.54. The largest absolute Gasteiger partial charge is 0.444 e. The Bertz CT molecular complexity index is 447. The number of likely N-dealkylation sites (tertiary alicyclic amines) is 1. The number of amides is 2. The number of thiocarbonyl (C=S) groups is 1. The van der Waals surface area contributed by atoms with Crippen LogP contribution < -0.4 is 16.2 Å². The Morgan fingerprint density at radius 3 is 2.48 bits per heavy atom. The predicted molar refractivity (Wildman–Crippen MR) is 83.4 cm³/mol. The van der Waals surface area contributed by atoms with E-state index in [1.165, 1.54) is 4.90 Å². The quantitative estimate of drug-likeness (QED) is 0.392. The van der Waals surface area contributed by atoms with E-state index in [0.29, 0.717) is 5.11 Å². The molecule has 0 spiro atoms. The van der Waals surface area contributed by atoms with Crippen LogP contribution in [0.25, 0.3) is 0 Å². The predicted octanol–water partition coefficient (Wildman–Crippen LogP) is 0.533. The first kappa shape index (κ1) is 17.2. The zero-order valence-corrected chi connectivity index (χ0v) is 13.5. The van der Waals surface area contributed by atoms with Gasteiger partial charge in [-0.3, -0.25) is 15.6 Å². The van der Waals surface area contributed by atoms with Crippen molar-refractivity contribution in [2.75, 3.05) is 13.6 Å². The SMILES string of the molecule is C=C[C@@H]1[C@@H](C(=O)NNC(=S)NC)CN1C(=O)OC(C)(C)C. The van der Waals surface area contributed by atoms with Crippen molar-refractivity contribution in [3.05, 3.63) is 12.7 Å². The highest BCUT2D eigenvalue weighted by Crippen LogP contribution is 2.28. The Morgan fingerprint density at radius 1 is 1.38 bits per heavy atom. The number of carbonyl (C=O) groups is 2. The molecule has 3 N–H and O–H groups in total. The molecule has 1 aliphatic rings. The molecular weight excluding hydrogens is 292 g/mol. The monoisotopic (exact) mass is 314 g/mol. The van der Waals surface area contributed by atoms with E-state index in [0.717, 1.165) is 0 Å². The number of ether oxygens (including phenoxy) is 1. The molecule has 0 aromatic heterocycles. The third kappa shape index (κ3) is 4.59. The molecule has 118 valence electrons. The second-order valence-corrected chi connectivity index (χ2v) is 6.07. The molecule has 0 bridgehead atoms. The molecule has 1 heterocycles. The lowest BCUT2D eigenvalue weighted by Gasteiger charge is -2.45. The second kappa shape index (κ2) is 6.75. The molecule has 2 amide bonds. The molecule has 0 aromatic carbocycles. The molecule has 0 aliphatic carbocycles. The van der Waals surface area contributed by atoms with Crippen LogP contribution in [0.15, 0.2) is 12.7 Å². The highest BCUT2D eigenvalue weighted by Gasteiger charge is 2.45. The number of nitrogens with zero attached hydrogens (tertiary/aromatic N) is 1. The first-order chi connectivity index (χ1) is 9.69. The standard InChI is InChI=1S/C13H22N4O3S/c1-6-9-8(10(18)15-16-11(21)14-5)7-17(9)12(19)20-13(2,3)4/h6,8-9H,1,7H2,2-5H3,(H,15,18)(H2,14,16,21)/t8-,9+/m0/s1. The topological polar surface area (TPSA) is 82.7 Å². The minimum absolute atomic E-state index is 0.252. The van der Waals surface area contributed by atoms with Crippen LogP contribution in [-0.2, 0) is 9.53 Å². The molecule has 1 aliphatic heterocycles. The van der Waals surface area contributed by atoms with Crippen LogP contribution in [0.5, 0.6) is 0 Å². The lowest BCUT2D eigenvalue weighted by molar-refractivity contribution is -0.132. The van der Waals surface area contributed by atoms with Crippen molar-refractivity contribution in [3.63, 3.8) is 0 Å². The molecule has 0 radical (unpaired) electrons. The van der Waals surface area contributed by atoms with Crippen molar-refractivity contribution in [2.45, 2.75) is 32.4 Å². The maximum atomic E-state index is 12.0. The molecule has 21 heavy (non-hydrogen) atoms. The number of hydrogen-bond donors (Lipinski definition) is 3. The molecule has 7 nitrogen and oxygen atoms in total. The summed E-state index contributed by atoms with van der Waals surface area (Å²) in [5.41, 5.74) is 4.48. The summed E-state index contributed by atoms with van der Waals surface area (Å²) in [5, 5.41) is 2.98. The van der Waals surface area contributed by atoms with E-state index in [4.69, 9.17) is 17.0 Å². The third-order valence-electron chi connectivity index (χ3n) is 2.90. The maximum Gasteiger partial charge on any atom is 0.410 e. The van der Waals surface area contributed by atoms with E-state index < -0.39 is 11.7 Å². The van der Waals surface area contributed by atoms with Crippen LogP contribution in [0.3, 0.4) is 0 Å². The molecular formula is C13H22N4O3S. The Balaban J connectivity index is 2.55. The summed E-state index contributed by atoms with van der Waals surface area (Å²) >= 11 is 4.86. The fourth-order valence-electron chi connectivity index (χ4n) is 1.84. The Morgan fingerprint density at radius 2 is 2.00 bits per heavy atom. The zero-order valence-electron chi connectivity index (χ0n) is 12.7. The number of hydrazine groups is 1. The van der Waals surface area contributed by atoms with Crippen molar-refractivity contribution in [1.82, 2.24) is 21.1 Å². The maximum absolute atomic E-state index is 12.0. The van der Waals surface area contributed by atoms with E-state index in [-0.39, 0.29) is 24.4 Å². The summed E-state index contributed by atoms with van der Waals surface area (Å²) in [6, 6.07) is -0.384. The fourth-order valence-corrected chi connectivity index (χ4v) is 1.89. The molecule has 8 heteroatoms. The van der Waals surface area contributed by atoms with E-state index in [9.17, 15) is 9.59 Å². The van der Waals surface area contributed by atoms with E-state index >= 15 is 0 Å². The van der Waals surface area contributed by atoms with Crippen LogP contribution in [0.2, 0.25) is 0 Å². The van der Waals surface area contributed by atoms with Crippen LogP contribution in [0.1, 0.15) is 20.8 Å². The van der Waals surface area contributed by atoms with Gasteiger partial charge in [-0.1, -0.05) is 6.08 Å². The number of hydrogen-bond acceptors (Lipinski definition) is 4. The van der Waals surface area contributed by atoms with Gasteiger partial charge in [0.05, 0.1) is 12.0 Å². The van der Waals surface area contributed by atoms with Crippen molar-refractivity contribution >= 4 is 29.3 Å². The first-order valence-corrected chi connectivity index (χ1v) is 7.00. The number of nitrogens with one attached hydrogen (secondary N) is 3. The minimum atomic E-state index is -0.573. The van der Waals surface area contributed by atoms with Gasteiger partial charge in [0, 0.05) is 13.6 Å². The summed E-state index contributed by atoms with van der Waals surface area (Å²) in [5.74, 6) is -0.625. The summed E-state index contributed by atoms with van der Waals surface area (Å²) in [4.78, 5) is 25.4. The first-order valence-electron chi connectivity index (χ1n) is 6.59. The molecule has 0 saturated carbocycles. The summed E-state index contributed by atoms with van der Waals surface area (Å²) < 4.78 is 5.28. The summed E-state index contributed by atoms with van der Waals surface area (Å²) in [6.45, 7) is 9.33. The van der Waals surface area contributed by atoms with Gasteiger partial charge in [0.1, 0.15) is 5.60 Å². The third-order valence-corrected chi connectivity index (χ3v) is 3.20. The summed E-state index contributed by atoms with van der Waals surface area (Å²) in [6.07, 6.45) is 1.11. The van der Waals surface area contributed by atoms with Gasteiger partial charge in [-0.2, -0.15) is 0 Å². The lowest BCUT2D eigenvalue weighted by atomic mass is 9.88. The lowest BCUT2D eigenvalue weighted by Crippen LogP contribution is -2.64. The van der Waals surface area contributed by atoms with Crippen molar-refractivity contribution in [2.24, 2.45) is 5.92 Å².